The van der Waals surface area contributed by atoms with Crippen LogP contribution in [0.5, 0.6) is 0 Å². The molecule has 0 spiro atoms. The van der Waals surface area contributed by atoms with Crippen LogP contribution in [-0.2, 0) is 0 Å². The monoisotopic (exact) mass is 141 g/mol. The van der Waals surface area contributed by atoms with Crippen LogP contribution in [0.25, 0.3) is 0 Å². The van der Waals surface area contributed by atoms with Gasteiger partial charge in [-0.2, -0.15) is 0 Å². The van der Waals surface area contributed by atoms with E-state index in [1.54, 1.807) is 0 Å². The van der Waals surface area contributed by atoms with Gasteiger partial charge < -0.3 is 10.8 Å². The van der Waals surface area contributed by atoms with E-state index in [0.29, 0.717) is 0 Å². The zero-order valence-corrected chi connectivity index (χ0v) is 6.16. The third kappa shape index (κ3) is 2.12. The van der Waals surface area contributed by atoms with E-state index in [2.05, 4.69) is 12.2 Å². The molecule has 0 aliphatic heterocycles. The highest BCUT2D eigenvalue weighted by Gasteiger charge is 2.13. The first kappa shape index (κ1) is 7.76. The zero-order chi connectivity index (χ0) is 7.40. The number of allylic oxidation sites excluding steroid dienone is 2. The molecule has 2 unspecified atom stereocenters. The minimum atomic E-state index is -0.287. The molecule has 0 bridgehead atoms. The summed E-state index contributed by atoms with van der Waals surface area (Å²) in [5.41, 5.74) is 5.66. The van der Waals surface area contributed by atoms with E-state index in [1.165, 1.54) is 0 Å². The number of nitrogens with two attached hydrogens (primary N) is 1. The number of hydrogen-bond donors (Lipinski definition) is 2. The van der Waals surface area contributed by atoms with E-state index in [1.807, 2.05) is 0 Å². The molecular weight excluding hydrogens is 126 g/mol. The van der Waals surface area contributed by atoms with Crippen molar-refractivity contribution in [2.75, 3.05) is 0 Å². The van der Waals surface area contributed by atoms with Gasteiger partial charge in [0.1, 0.15) is 0 Å². The van der Waals surface area contributed by atoms with Crippen LogP contribution < -0.4 is 5.73 Å². The van der Waals surface area contributed by atoms with Gasteiger partial charge >= 0.3 is 0 Å². The summed E-state index contributed by atoms with van der Waals surface area (Å²) in [5, 5.41) is 9.32. The van der Waals surface area contributed by atoms with E-state index in [0.717, 1.165) is 25.7 Å². The molecule has 1 aliphatic carbocycles. The largest absolute Gasteiger partial charge is 0.392 e. The Morgan fingerprint density at radius 2 is 1.80 bits per heavy atom. The molecule has 2 nitrogen and oxygen atoms in total. The van der Waals surface area contributed by atoms with Crippen LogP contribution in [0, 0.1) is 0 Å². The van der Waals surface area contributed by atoms with Gasteiger partial charge in [-0.1, -0.05) is 12.2 Å². The highest BCUT2D eigenvalue weighted by atomic mass is 16.3. The van der Waals surface area contributed by atoms with Crippen molar-refractivity contribution in [1.29, 1.82) is 0 Å². The van der Waals surface area contributed by atoms with Crippen molar-refractivity contribution in [2.24, 2.45) is 5.73 Å². The molecule has 1 rings (SSSR count). The molecule has 0 aromatic rings. The average Bonchev–Trinajstić information content (AvgIpc) is 1.92. The first-order valence-corrected chi connectivity index (χ1v) is 3.89. The maximum absolute atomic E-state index is 9.32. The zero-order valence-electron chi connectivity index (χ0n) is 6.16. The first-order valence-electron chi connectivity index (χ1n) is 3.89. The lowest BCUT2D eigenvalue weighted by Crippen LogP contribution is -2.34. The Morgan fingerprint density at radius 3 is 2.50 bits per heavy atom. The molecular formula is C8H15NO. The highest BCUT2D eigenvalue weighted by molar-refractivity contribution is 4.88. The van der Waals surface area contributed by atoms with E-state index in [9.17, 15) is 5.11 Å². The van der Waals surface area contributed by atoms with Crippen LogP contribution in [0.3, 0.4) is 0 Å². The Bertz CT molecular complexity index is 108. The molecule has 1 aliphatic rings. The Morgan fingerprint density at radius 1 is 1.20 bits per heavy atom. The fourth-order valence-corrected chi connectivity index (χ4v) is 1.20. The van der Waals surface area contributed by atoms with Gasteiger partial charge in [0.25, 0.3) is 0 Å². The van der Waals surface area contributed by atoms with Crippen LogP contribution in [0.2, 0.25) is 0 Å². The molecule has 0 saturated carbocycles. The molecule has 0 amide bonds. The summed E-state index contributed by atoms with van der Waals surface area (Å²) in [4.78, 5) is 0. The van der Waals surface area contributed by atoms with Crippen LogP contribution >= 0.6 is 0 Å². The van der Waals surface area contributed by atoms with Crippen molar-refractivity contribution in [3.63, 3.8) is 0 Å². The van der Waals surface area contributed by atoms with Crippen molar-refractivity contribution in [2.45, 2.75) is 37.8 Å². The fourth-order valence-electron chi connectivity index (χ4n) is 1.20. The standard InChI is InChI=1S/C8H15NO/c9-7-5-3-1-2-4-6-8(7)10/h1-2,7-8,10H,3-6,9H2/b2-1-. The topological polar surface area (TPSA) is 46.2 Å². The third-order valence-electron chi connectivity index (χ3n) is 1.96. The van der Waals surface area contributed by atoms with Crippen LogP contribution in [0.1, 0.15) is 25.7 Å². The minimum absolute atomic E-state index is 0.00931. The summed E-state index contributed by atoms with van der Waals surface area (Å²) in [6, 6.07) is -0.00931. The molecule has 0 fully saturated rings. The summed E-state index contributed by atoms with van der Waals surface area (Å²) in [5.74, 6) is 0. The van der Waals surface area contributed by atoms with Gasteiger partial charge in [-0.3, -0.25) is 0 Å². The van der Waals surface area contributed by atoms with Crippen LogP contribution in [0.4, 0.5) is 0 Å². The highest BCUT2D eigenvalue weighted by Crippen LogP contribution is 2.10. The Hall–Kier alpha value is -0.340. The smallest absolute Gasteiger partial charge is 0.0694 e. The van der Waals surface area contributed by atoms with Gasteiger partial charge in [-0.05, 0) is 25.7 Å². The van der Waals surface area contributed by atoms with E-state index >= 15 is 0 Å². The SMILES string of the molecule is NC1CC/C=C\CCC1O. The summed E-state index contributed by atoms with van der Waals surface area (Å²) in [6.07, 6.45) is 7.69. The van der Waals surface area contributed by atoms with Crippen molar-refractivity contribution in [3.05, 3.63) is 12.2 Å². The fraction of sp³-hybridized carbons (Fsp3) is 0.750. The number of rotatable bonds is 0. The second-order valence-corrected chi connectivity index (χ2v) is 2.86. The number of aliphatic hydroxyl groups excluding tert-OH is 1. The summed E-state index contributed by atoms with van der Waals surface area (Å²) >= 11 is 0. The lowest BCUT2D eigenvalue weighted by molar-refractivity contribution is 0.131. The Balaban J connectivity index is 2.40. The number of hydrogen-bond acceptors (Lipinski definition) is 2. The van der Waals surface area contributed by atoms with Gasteiger partial charge in [0.15, 0.2) is 0 Å². The Labute approximate surface area is 61.7 Å². The number of aliphatic hydroxyl groups is 1. The normalized spacial score (nSPS) is 38.2. The third-order valence-corrected chi connectivity index (χ3v) is 1.96. The molecule has 0 aromatic carbocycles. The molecule has 2 heteroatoms. The molecule has 0 radical (unpaired) electrons. The van der Waals surface area contributed by atoms with Gasteiger partial charge in [0, 0.05) is 6.04 Å². The van der Waals surface area contributed by atoms with E-state index in [-0.39, 0.29) is 12.1 Å². The Kier molecular flexibility index (Phi) is 2.90. The van der Waals surface area contributed by atoms with Crippen LogP contribution in [0.15, 0.2) is 12.2 Å². The van der Waals surface area contributed by atoms with Crippen molar-refractivity contribution < 1.29 is 5.11 Å². The van der Waals surface area contributed by atoms with Gasteiger partial charge in [0.2, 0.25) is 0 Å². The summed E-state index contributed by atoms with van der Waals surface area (Å²) in [6.45, 7) is 0. The second kappa shape index (κ2) is 3.74. The van der Waals surface area contributed by atoms with Gasteiger partial charge in [-0.15, -0.1) is 0 Å². The molecule has 2 atom stereocenters. The molecule has 10 heavy (non-hydrogen) atoms. The van der Waals surface area contributed by atoms with E-state index < -0.39 is 0 Å². The first-order chi connectivity index (χ1) is 4.80. The summed E-state index contributed by atoms with van der Waals surface area (Å²) in [7, 11) is 0. The maximum atomic E-state index is 9.32. The molecule has 58 valence electrons. The van der Waals surface area contributed by atoms with Gasteiger partial charge in [-0.25, -0.2) is 0 Å². The van der Waals surface area contributed by atoms with Gasteiger partial charge in [0.05, 0.1) is 6.10 Å². The molecule has 0 aromatic heterocycles. The lowest BCUT2D eigenvalue weighted by atomic mass is 9.99. The molecule has 3 N–H and O–H groups in total. The molecule has 0 saturated heterocycles. The second-order valence-electron chi connectivity index (χ2n) is 2.86. The quantitative estimate of drug-likeness (QED) is 0.490. The predicted molar refractivity (Wildman–Crippen MR) is 41.6 cm³/mol. The lowest BCUT2D eigenvalue weighted by Gasteiger charge is -2.18. The minimum Gasteiger partial charge on any atom is -0.392 e. The summed E-state index contributed by atoms with van der Waals surface area (Å²) < 4.78 is 0. The maximum Gasteiger partial charge on any atom is 0.0694 e. The van der Waals surface area contributed by atoms with Crippen molar-refractivity contribution in [3.8, 4) is 0 Å². The average molecular weight is 141 g/mol. The van der Waals surface area contributed by atoms with Crippen molar-refractivity contribution in [1.82, 2.24) is 0 Å². The molecule has 0 heterocycles. The van der Waals surface area contributed by atoms with E-state index in [4.69, 9.17) is 5.73 Å². The predicted octanol–water partition coefficient (Wildman–Crippen LogP) is 0.805. The van der Waals surface area contributed by atoms with Crippen molar-refractivity contribution >= 4 is 0 Å². The van der Waals surface area contributed by atoms with Crippen LogP contribution in [-0.4, -0.2) is 17.3 Å².